The number of nitrogens with two attached hydrogens (primary N) is 1. The van der Waals surface area contributed by atoms with E-state index < -0.39 is 4.92 Å². The van der Waals surface area contributed by atoms with Crippen molar-refractivity contribution in [2.75, 3.05) is 24.6 Å². The summed E-state index contributed by atoms with van der Waals surface area (Å²) >= 11 is 0. The lowest BCUT2D eigenvalue weighted by Gasteiger charge is -2.17. The largest absolute Gasteiger partial charge is 0.409 e. The molecule has 108 valence electrons. The number of pyridine rings is 1. The lowest BCUT2D eigenvalue weighted by Crippen LogP contribution is -2.23. The maximum atomic E-state index is 11.1. The van der Waals surface area contributed by atoms with E-state index in [1.807, 2.05) is 0 Å². The zero-order valence-electron chi connectivity index (χ0n) is 10.6. The van der Waals surface area contributed by atoms with Crippen LogP contribution in [0.25, 0.3) is 0 Å². The van der Waals surface area contributed by atoms with E-state index in [0.717, 1.165) is 6.42 Å². The smallest absolute Gasteiger partial charge is 0.312 e. The third-order valence-corrected chi connectivity index (χ3v) is 3.29. The number of aliphatic hydroxyl groups is 1. The average molecular weight is 281 g/mol. The molecule has 0 spiro atoms. The summed E-state index contributed by atoms with van der Waals surface area (Å²) in [5.41, 5.74) is 5.38. The first-order chi connectivity index (χ1) is 9.56. The number of nitro groups is 1. The van der Waals surface area contributed by atoms with E-state index in [0.29, 0.717) is 13.1 Å². The molecule has 1 aliphatic heterocycles. The first kappa shape index (κ1) is 14.0. The molecular weight excluding hydrogens is 266 g/mol. The zero-order valence-corrected chi connectivity index (χ0v) is 10.6. The normalized spacial score (nSPS) is 19.4. The molecule has 1 atom stereocenters. The molecule has 0 saturated carbocycles. The lowest BCUT2D eigenvalue weighted by atomic mass is 10.1. The van der Waals surface area contributed by atoms with Gasteiger partial charge < -0.3 is 20.9 Å². The van der Waals surface area contributed by atoms with Gasteiger partial charge in [-0.15, -0.1) is 0 Å². The third-order valence-electron chi connectivity index (χ3n) is 3.29. The zero-order chi connectivity index (χ0) is 14.7. The van der Waals surface area contributed by atoms with Crippen molar-refractivity contribution >= 4 is 17.3 Å². The van der Waals surface area contributed by atoms with Crippen molar-refractivity contribution in [3.05, 3.63) is 27.9 Å². The Balaban J connectivity index is 2.36. The Morgan fingerprint density at radius 2 is 2.45 bits per heavy atom. The first-order valence-electron chi connectivity index (χ1n) is 6.05. The molecule has 1 unspecified atom stereocenters. The van der Waals surface area contributed by atoms with E-state index in [1.54, 1.807) is 4.90 Å². The number of oxime groups is 1. The minimum absolute atomic E-state index is 0.0481. The number of rotatable bonds is 4. The minimum Gasteiger partial charge on any atom is -0.409 e. The van der Waals surface area contributed by atoms with Crippen LogP contribution in [-0.4, -0.2) is 45.8 Å². The molecule has 0 aromatic carbocycles. The summed E-state index contributed by atoms with van der Waals surface area (Å²) in [7, 11) is 0. The van der Waals surface area contributed by atoms with Crippen LogP contribution in [-0.2, 0) is 0 Å². The van der Waals surface area contributed by atoms with Gasteiger partial charge in [-0.1, -0.05) is 5.16 Å². The van der Waals surface area contributed by atoms with Crippen LogP contribution in [0.1, 0.15) is 12.0 Å². The number of aliphatic hydroxyl groups excluding tert-OH is 1. The maximum absolute atomic E-state index is 11.1. The molecule has 9 heteroatoms. The van der Waals surface area contributed by atoms with Gasteiger partial charge in [-0.05, 0) is 6.42 Å². The van der Waals surface area contributed by atoms with Gasteiger partial charge in [0.25, 0.3) is 0 Å². The van der Waals surface area contributed by atoms with Crippen LogP contribution in [0.4, 0.5) is 11.5 Å². The van der Waals surface area contributed by atoms with Crippen molar-refractivity contribution in [2.24, 2.45) is 16.8 Å². The molecule has 1 fully saturated rings. The van der Waals surface area contributed by atoms with Gasteiger partial charge in [0.1, 0.15) is 0 Å². The van der Waals surface area contributed by atoms with Crippen molar-refractivity contribution in [3.63, 3.8) is 0 Å². The van der Waals surface area contributed by atoms with Crippen molar-refractivity contribution in [3.8, 4) is 0 Å². The number of aromatic nitrogens is 1. The molecule has 2 rings (SSSR count). The fourth-order valence-electron chi connectivity index (χ4n) is 2.20. The first-order valence-corrected chi connectivity index (χ1v) is 6.05. The summed E-state index contributed by atoms with van der Waals surface area (Å²) in [5, 5.41) is 31.6. The van der Waals surface area contributed by atoms with Crippen LogP contribution >= 0.6 is 0 Å². The van der Waals surface area contributed by atoms with Crippen LogP contribution in [0.5, 0.6) is 0 Å². The summed E-state index contributed by atoms with van der Waals surface area (Å²) in [4.78, 5) is 16.4. The average Bonchev–Trinajstić information content (AvgIpc) is 2.94. The van der Waals surface area contributed by atoms with E-state index in [2.05, 4.69) is 10.1 Å². The second-order valence-corrected chi connectivity index (χ2v) is 4.59. The highest BCUT2D eigenvalue weighted by Gasteiger charge is 2.29. The number of nitrogens with zero attached hydrogens (tertiary/aromatic N) is 4. The fourth-order valence-corrected chi connectivity index (χ4v) is 2.20. The Morgan fingerprint density at radius 3 is 3.00 bits per heavy atom. The Morgan fingerprint density at radius 1 is 1.70 bits per heavy atom. The Hall–Kier alpha value is -2.42. The van der Waals surface area contributed by atoms with Gasteiger partial charge in [-0.3, -0.25) is 10.1 Å². The molecule has 0 bridgehead atoms. The standard InChI is InChI=1S/C11H15N5O4/c12-10(14-18)8-3-9(16(19)20)11(13-4-8)15-2-1-7(5-15)6-17/h3-4,7,17-18H,1-2,5-6H2,(H2,12,14). The van der Waals surface area contributed by atoms with Crippen molar-refractivity contribution in [1.29, 1.82) is 0 Å². The van der Waals surface area contributed by atoms with Crippen LogP contribution in [0.2, 0.25) is 0 Å². The van der Waals surface area contributed by atoms with Gasteiger partial charge in [0.2, 0.25) is 5.82 Å². The van der Waals surface area contributed by atoms with E-state index >= 15 is 0 Å². The van der Waals surface area contributed by atoms with Gasteiger partial charge in [-0.25, -0.2) is 4.98 Å². The second-order valence-electron chi connectivity index (χ2n) is 4.59. The molecule has 2 heterocycles. The molecule has 0 amide bonds. The molecule has 1 aromatic rings. The Bertz CT molecular complexity index is 548. The SMILES string of the molecule is NC(=NO)c1cnc(N2CCC(CO)C2)c([N+](=O)[O-])c1. The van der Waals surface area contributed by atoms with E-state index in [9.17, 15) is 10.1 Å². The highest BCUT2D eigenvalue weighted by Crippen LogP contribution is 2.30. The molecule has 0 aliphatic carbocycles. The summed E-state index contributed by atoms with van der Waals surface area (Å²) < 4.78 is 0. The van der Waals surface area contributed by atoms with Gasteiger partial charge in [0.15, 0.2) is 5.84 Å². The summed E-state index contributed by atoms with van der Waals surface area (Å²) in [6.07, 6.45) is 2.08. The van der Waals surface area contributed by atoms with Crippen LogP contribution in [0.15, 0.2) is 17.4 Å². The van der Waals surface area contributed by atoms with Gasteiger partial charge in [0, 0.05) is 43.4 Å². The molecule has 20 heavy (non-hydrogen) atoms. The van der Waals surface area contributed by atoms with Crippen molar-refractivity contribution in [1.82, 2.24) is 4.98 Å². The second kappa shape index (κ2) is 5.70. The molecule has 0 radical (unpaired) electrons. The minimum atomic E-state index is -0.553. The van der Waals surface area contributed by atoms with Gasteiger partial charge in [-0.2, -0.15) is 0 Å². The molecule has 1 aromatic heterocycles. The van der Waals surface area contributed by atoms with E-state index in [-0.39, 0.29) is 35.4 Å². The summed E-state index contributed by atoms with van der Waals surface area (Å²) in [6, 6.07) is 1.23. The predicted octanol–water partition coefficient (Wildman–Crippen LogP) is -0.0971. The summed E-state index contributed by atoms with van der Waals surface area (Å²) in [6.45, 7) is 1.17. The van der Waals surface area contributed by atoms with Gasteiger partial charge in [0.05, 0.1) is 4.92 Å². The molecule has 4 N–H and O–H groups in total. The lowest BCUT2D eigenvalue weighted by molar-refractivity contribution is -0.384. The van der Waals surface area contributed by atoms with Crippen molar-refractivity contribution < 1.29 is 15.2 Å². The van der Waals surface area contributed by atoms with E-state index in [1.165, 1.54) is 12.3 Å². The molecular formula is C11H15N5O4. The maximum Gasteiger partial charge on any atom is 0.312 e. The highest BCUT2D eigenvalue weighted by atomic mass is 16.6. The monoisotopic (exact) mass is 281 g/mol. The van der Waals surface area contributed by atoms with E-state index in [4.69, 9.17) is 16.0 Å². The number of amidine groups is 1. The Labute approximate surface area is 114 Å². The third kappa shape index (κ3) is 2.62. The van der Waals surface area contributed by atoms with Crippen molar-refractivity contribution in [2.45, 2.75) is 6.42 Å². The van der Waals surface area contributed by atoms with Crippen LogP contribution in [0, 0.1) is 16.0 Å². The number of hydrogen-bond donors (Lipinski definition) is 3. The van der Waals surface area contributed by atoms with Gasteiger partial charge >= 0.3 is 5.69 Å². The molecule has 9 nitrogen and oxygen atoms in total. The Kier molecular flexibility index (Phi) is 3.99. The predicted molar refractivity (Wildman–Crippen MR) is 70.8 cm³/mol. The number of hydrogen-bond acceptors (Lipinski definition) is 7. The molecule has 1 aliphatic rings. The fraction of sp³-hybridized carbons (Fsp3) is 0.455. The summed E-state index contributed by atoms with van der Waals surface area (Å²) in [5.74, 6) is 0.0994. The molecule has 1 saturated heterocycles. The topological polar surface area (TPSA) is 138 Å². The quantitative estimate of drug-likeness (QED) is 0.230. The van der Waals surface area contributed by atoms with Crippen LogP contribution < -0.4 is 10.6 Å². The number of anilines is 1. The highest BCUT2D eigenvalue weighted by molar-refractivity contribution is 5.97. The van der Waals surface area contributed by atoms with Crippen LogP contribution in [0.3, 0.4) is 0 Å².